The van der Waals surface area contributed by atoms with Gasteiger partial charge >= 0.3 is 12.1 Å². The van der Waals surface area contributed by atoms with E-state index in [1.807, 2.05) is 51.1 Å². The third kappa shape index (κ3) is 2.79. The van der Waals surface area contributed by atoms with Crippen molar-refractivity contribution < 1.29 is 19.4 Å². The molecule has 6 heteroatoms. The summed E-state index contributed by atoms with van der Waals surface area (Å²) in [6, 6.07) is 9.32. The first-order valence-corrected chi connectivity index (χ1v) is 8.00. The second-order valence-electron chi connectivity index (χ2n) is 6.08. The molecule has 2 unspecified atom stereocenters. The van der Waals surface area contributed by atoms with E-state index >= 15 is 0 Å². The van der Waals surface area contributed by atoms with E-state index in [-0.39, 0.29) is 11.9 Å². The second-order valence-corrected chi connectivity index (χ2v) is 7.82. The number of hydrogen-bond donors (Lipinski definition) is 1. The zero-order valence-corrected chi connectivity index (χ0v) is 14.0. The Morgan fingerprint density at radius 3 is 2.41 bits per heavy atom. The molecule has 1 aliphatic heterocycles. The number of carbonyl (C=O) groups excluding carboxylic acids is 1. The fraction of sp³-hybridized carbons (Fsp3) is 0.500. The summed E-state index contributed by atoms with van der Waals surface area (Å²) in [5.41, 5.74) is 0.261. The van der Waals surface area contributed by atoms with Crippen LogP contribution >= 0.6 is 11.8 Å². The van der Waals surface area contributed by atoms with Gasteiger partial charge in [-0.15, -0.1) is 11.8 Å². The highest BCUT2D eigenvalue weighted by Crippen LogP contribution is 2.50. The van der Waals surface area contributed by atoms with Crippen LogP contribution in [0.4, 0.5) is 4.79 Å². The smallest absolute Gasteiger partial charge is 0.412 e. The van der Waals surface area contributed by atoms with E-state index in [4.69, 9.17) is 4.74 Å². The standard InChI is InChI=1S/C16H21NO4S/c1-11-15(2,3)17(16(4,22-11)13(18)19)14(20)21-10-12-8-6-5-7-9-12/h5-9,11H,10H2,1-4H3,(H,18,19). The van der Waals surface area contributed by atoms with Gasteiger partial charge in [-0.1, -0.05) is 37.3 Å². The second kappa shape index (κ2) is 5.83. The van der Waals surface area contributed by atoms with Gasteiger partial charge in [0, 0.05) is 5.25 Å². The molecule has 2 atom stereocenters. The molecule has 1 fully saturated rings. The van der Waals surface area contributed by atoms with Crippen LogP contribution in [0.2, 0.25) is 0 Å². The van der Waals surface area contributed by atoms with Crippen molar-refractivity contribution in [3.05, 3.63) is 35.9 Å². The molecule has 22 heavy (non-hydrogen) atoms. The minimum atomic E-state index is -1.32. The third-order valence-electron chi connectivity index (χ3n) is 4.19. The lowest BCUT2D eigenvalue weighted by Crippen LogP contribution is -2.57. The maximum absolute atomic E-state index is 12.5. The summed E-state index contributed by atoms with van der Waals surface area (Å²) in [4.78, 5) is 24.2. The van der Waals surface area contributed by atoms with E-state index in [2.05, 4.69) is 0 Å². The number of amides is 1. The summed E-state index contributed by atoms with van der Waals surface area (Å²) < 4.78 is 5.35. The maximum atomic E-state index is 12.5. The molecule has 120 valence electrons. The Hall–Kier alpha value is -1.69. The van der Waals surface area contributed by atoms with E-state index in [9.17, 15) is 14.7 Å². The topological polar surface area (TPSA) is 66.8 Å². The molecular formula is C16H21NO4S. The fourth-order valence-electron chi connectivity index (χ4n) is 2.61. The molecule has 0 spiro atoms. The van der Waals surface area contributed by atoms with Crippen LogP contribution in [0.3, 0.4) is 0 Å². The first kappa shape index (κ1) is 16.7. The normalized spacial score (nSPS) is 26.7. The molecule has 1 aromatic rings. The molecule has 1 aliphatic rings. The van der Waals surface area contributed by atoms with Gasteiger partial charge < -0.3 is 9.84 Å². The van der Waals surface area contributed by atoms with Crippen molar-refractivity contribution in [1.82, 2.24) is 4.90 Å². The number of hydrogen-bond acceptors (Lipinski definition) is 4. The lowest BCUT2D eigenvalue weighted by molar-refractivity contribution is -0.145. The van der Waals surface area contributed by atoms with Gasteiger partial charge in [-0.3, -0.25) is 4.90 Å². The molecule has 0 radical (unpaired) electrons. The van der Waals surface area contributed by atoms with Crippen LogP contribution in [-0.4, -0.2) is 37.7 Å². The lowest BCUT2D eigenvalue weighted by Gasteiger charge is -2.38. The fourth-order valence-corrected chi connectivity index (χ4v) is 4.21. The Morgan fingerprint density at radius 2 is 1.86 bits per heavy atom. The molecule has 5 nitrogen and oxygen atoms in total. The molecule has 0 aromatic heterocycles. The van der Waals surface area contributed by atoms with E-state index in [0.29, 0.717) is 0 Å². The Balaban J connectivity index is 2.19. The summed E-state index contributed by atoms with van der Waals surface area (Å²) in [6.45, 7) is 7.33. The Morgan fingerprint density at radius 1 is 1.27 bits per heavy atom. The minimum Gasteiger partial charge on any atom is -0.479 e. The number of aliphatic carboxylic acids is 1. The van der Waals surface area contributed by atoms with Crippen LogP contribution in [0.5, 0.6) is 0 Å². The summed E-state index contributed by atoms with van der Waals surface area (Å²) >= 11 is 1.27. The monoisotopic (exact) mass is 323 g/mol. The van der Waals surface area contributed by atoms with Crippen molar-refractivity contribution in [3.63, 3.8) is 0 Å². The molecule has 0 aliphatic carbocycles. The molecule has 2 rings (SSSR count). The summed E-state index contributed by atoms with van der Waals surface area (Å²) in [5, 5.41) is 9.54. The first-order chi connectivity index (χ1) is 10.2. The Kier molecular flexibility index (Phi) is 4.42. The summed E-state index contributed by atoms with van der Waals surface area (Å²) in [7, 11) is 0. The van der Waals surface area contributed by atoms with Crippen molar-refractivity contribution in [2.45, 2.75) is 50.0 Å². The van der Waals surface area contributed by atoms with Crippen LogP contribution in [0.1, 0.15) is 33.3 Å². The van der Waals surface area contributed by atoms with Gasteiger partial charge in [0.25, 0.3) is 0 Å². The van der Waals surface area contributed by atoms with Crippen LogP contribution in [0, 0.1) is 0 Å². The summed E-state index contributed by atoms with van der Waals surface area (Å²) in [6.07, 6.45) is -0.601. The number of benzene rings is 1. The van der Waals surface area contributed by atoms with Crippen LogP contribution < -0.4 is 0 Å². The third-order valence-corrected chi connectivity index (χ3v) is 5.94. The minimum absolute atomic E-state index is 0.0159. The molecular weight excluding hydrogens is 302 g/mol. The van der Waals surface area contributed by atoms with Gasteiger partial charge in [0.05, 0.1) is 5.54 Å². The molecule has 1 aromatic carbocycles. The Bertz CT molecular complexity index is 575. The average molecular weight is 323 g/mol. The van der Waals surface area contributed by atoms with Crippen molar-refractivity contribution in [2.75, 3.05) is 0 Å². The van der Waals surface area contributed by atoms with Crippen molar-refractivity contribution >= 4 is 23.8 Å². The largest absolute Gasteiger partial charge is 0.479 e. The molecule has 1 amide bonds. The molecule has 1 saturated heterocycles. The molecule has 0 saturated carbocycles. The quantitative estimate of drug-likeness (QED) is 0.924. The highest BCUT2D eigenvalue weighted by Gasteiger charge is 2.59. The average Bonchev–Trinajstić information content (AvgIpc) is 2.64. The van der Waals surface area contributed by atoms with Gasteiger partial charge in [-0.2, -0.15) is 0 Å². The molecule has 1 heterocycles. The highest BCUT2D eigenvalue weighted by molar-refractivity contribution is 8.02. The van der Waals surface area contributed by atoms with Gasteiger partial charge in [0.1, 0.15) is 6.61 Å². The Labute approximate surface area is 134 Å². The molecule has 0 bridgehead atoms. The maximum Gasteiger partial charge on any atom is 0.412 e. The number of ether oxygens (including phenoxy) is 1. The van der Waals surface area contributed by atoms with Gasteiger partial charge in [-0.25, -0.2) is 9.59 Å². The number of carbonyl (C=O) groups is 2. The van der Waals surface area contributed by atoms with Gasteiger partial charge in [0.2, 0.25) is 0 Å². The predicted molar refractivity (Wildman–Crippen MR) is 85.6 cm³/mol. The number of nitrogens with zero attached hydrogens (tertiary/aromatic N) is 1. The van der Waals surface area contributed by atoms with Crippen molar-refractivity contribution in [1.29, 1.82) is 0 Å². The first-order valence-electron chi connectivity index (χ1n) is 7.12. The SMILES string of the molecule is CC1SC(C)(C(=O)O)N(C(=O)OCc2ccccc2)C1(C)C. The van der Waals surface area contributed by atoms with E-state index in [1.165, 1.54) is 16.7 Å². The highest BCUT2D eigenvalue weighted by atomic mass is 32.2. The van der Waals surface area contributed by atoms with E-state index in [1.54, 1.807) is 6.92 Å². The van der Waals surface area contributed by atoms with E-state index < -0.39 is 22.5 Å². The zero-order valence-electron chi connectivity index (χ0n) is 13.2. The van der Waals surface area contributed by atoms with Crippen LogP contribution in [0.25, 0.3) is 0 Å². The van der Waals surface area contributed by atoms with Gasteiger partial charge in [0.15, 0.2) is 4.87 Å². The zero-order chi connectivity index (χ0) is 16.5. The predicted octanol–water partition coefficient (Wildman–Crippen LogP) is 3.34. The number of carboxylic acids is 1. The lowest BCUT2D eigenvalue weighted by atomic mass is 9.97. The molecule has 1 N–H and O–H groups in total. The van der Waals surface area contributed by atoms with Crippen molar-refractivity contribution in [3.8, 4) is 0 Å². The van der Waals surface area contributed by atoms with Crippen LogP contribution in [-0.2, 0) is 16.1 Å². The van der Waals surface area contributed by atoms with Crippen LogP contribution in [0.15, 0.2) is 30.3 Å². The number of thioether (sulfide) groups is 1. The summed E-state index contributed by atoms with van der Waals surface area (Å²) in [5.74, 6) is -1.04. The van der Waals surface area contributed by atoms with E-state index in [0.717, 1.165) is 5.56 Å². The number of carboxylic acid groups (broad SMARTS) is 1. The number of rotatable bonds is 3. The van der Waals surface area contributed by atoms with Crippen molar-refractivity contribution in [2.24, 2.45) is 0 Å². The van der Waals surface area contributed by atoms with Gasteiger partial charge in [-0.05, 0) is 26.3 Å².